The summed E-state index contributed by atoms with van der Waals surface area (Å²) in [5.41, 5.74) is 0. The average Bonchev–Trinajstić information content (AvgIpc) is 3.29. The number of ether oxygens (including phenoxy) is 3. The van der Waals surface area contributed by atoms with Crippen molar-refractivity contribution < 1.29 is 28.6 Å². The van der Waals surface area contributed by atoms with E-state index < -0.39 is 6.10 Å². The van der Waals surface area contributed by atoms with E-state index in [9.17, 15) is 14.4 Å². The number of unbranched alkanes of at least 4 members (excludes halogenated alkanes) is 28. The van der Waals surface area contributed by atoms with Gasteiger partial charge in [0.05, 0.1) is 0 Å². The van der Waals surface area contributed by atoms with Crippen molar-refractivity contribution in [2.24, 2.45) is 0 Å². The minimum atomic E-state index is -0.776. The molecule has 1 atom stereocenters. The third kappa shape index (κ3) is 50.1. The van der Waals surface area contributed by atoms with Crippen LogP contribution in [0.2, 0.25) is 0 Å². The lowest BCUT2D eigenvalue weighted by atomic mass is 10.0. The molecule has 370 valence electrons. The summed E-state index contributed by atoms with van der Waals surface area (Å²) in [6, 6.07) is 0. The number of hydrogen-bond acceptors (Lipinski definition) is 6. The smallest absolute Gasteiger partial charge is 0.306 e. The van der Waals surface area contributed by atoms with E-state index in [1.165, 1.54) is 116 Å². The summed E-state index contributed by atoms with van der Waals surface area (Å²) in [7, 11) is 0. The molecule has 0 aliphatic heterocycles. The van der Waals surface area contributed by atoms with Crippen LogP contribution in [0.4, 0.5) is 0 Å². The molecule has 6 nitrogen and oxygen atoms in total. The SMILES string of the molecule is CC/C=C\C/C=C\C/C=C\C/C=C\C/C=C\CCCCCCCC(=O)OCC(COC(=O)CCCCCCC)OC(=O)CCCCCCCCCCCCCCCCCCCCCC. The van der Waals surface area contributed by atoms with E-state index in [0.717, 1.165) is 116 Å². The quantitative estimate of drug-likeness (QED) is 0.0262. The third-order valence-electron chi connectivity index (χ3n) is 11.8. The highest BCUT2D eigenvalue weighted by Gasteiger charge is 2.19. The predicted molar refractivity (Wildman–Crippen MR) is 275 cm³/mol. The van der Waals surface area contributed by atoms with Crippen LogP contribution in [0.5, 0.6) is 0 Å². The van der Waals surface area contributed by atoms with Crippen LogP contribution in [-0.2, 0) is 28.6 Å². The van der Waals surface area contributed by atoms with Crippen molar-refractivity contribution in [3.8, 4) is 0 Å². The molecule has 0 saturated carbocycles. The zero-order valence-corrected chi connectivity index (χ0v) is 42.3. The van der Waals surface area contributed by atoms with Gasteiger partial charge in [0.2, 0.25) is 0 Å². The minimum Gasteiger partial charge on any atom is -0.462 e. The number of allylic oxidation sites excluding steroid dienone is 10. The summed E-state index contributed by atoms with van der Waals surface area (Å²) in [6.45, 7) is 6.45. The van der Waals surface area contributed by atoms with Crippen LogP contribution in [0.15, 0.2) is 60.8 Å². The van der Waals surface area contributed by atoms with Crippen LogP contribution in [-0.4, -0.2) is 37.2 Å². The Balaban J connectivity index is 4.15. The molecule has 0 amide bonds. The molecule has 0 aromatic carbocycles. The number of carbonyl (C=O) groups is 3. The summed E-state index contributed by atoms with van der Waals surface area (Å²) >= 11 is 0. The van der Waals surface area contributed by atoms with Gasteiger partial charge in [-0.1, -0.05) is 248 Å². The summed E-state index contributed by atoms with van der Waals surface area (Å²) in [5, 5.41) is 0. The molecule has 0 radical (unpaired) electrons. The highest BCUT2D eigenvalue weighted by Crippen LogP contribution is 2.16. The van der Waals surface area contributed by atoms with E-state index in [-0.39, 0.29) is 31.1 Å². The molecule has 0 saturated heterocycles. The van der Waals surface area contributed by atoms with Gasteiger partial charge in [-0.05, 0) is 64.2 Å². The molecule has 0 aromatic heterocycles. The van der Waals surface area contributed by atoms with Crippen molar-refractivity contribution in [2.75, 3.05) is 13.2 Å². The molecule has 0 aliphatic carbocycles. The fourth-order valence-electron chi connectivity index (χ4n) is 7.70. The van der Waals surface area contributed by atoms with Crippen LogP contribution in [0, 0.1) is 0 Å². The van der Waals surface area contributed by atoms with Crippen LogP contribution in [0.1, 0.15) is 271 Å². The van der Waals surface area contributed by atoms with Gasteiger partial charge in [0, 0.05) is 19.3 Å². The fourth-order valence-corrected chi connectivity index (χ4v) is 7.70. The lowest BCUT2D eigenvalue weighted by Crippen LogP contribution is -2.30. The zero-order chi connectivity index (χ0) is 46.5. The van der Waals surface area contributed by atoms with Crippen molar-refractivity contribution in [2.45, 2.75) is 277 Å². The standard InChI is InChI=1S/C58H102O6/c1-4-7-10-13-15-17-19-21-23-25-27-29-31-32-34-36-38-40-42-45-48-51-57(60)63-54-55(53-62-56(59)50-47-44-12-9-6-3)64-58(61)52-49-46-43-41-39-37-35-33-30-28-26-24-22-20-18-16-14-11-8-5-2/h7,10,15,17,21,23,27,29,32,34,55H,4-6,8-9,11-14,16,18-20,22,24-26,28,30-31,33,35-54H2,1-3H3/b10-7-,17-15-,23-21-,29-27-,34-32-. The molecule has 0 aliphatic rings. The van der Waals surface area contributed by atoms with Gasteiger partial charge in [0.1, 0.15) is 13.2 Å². The Morgan fingerprint density at radius 3 is 0.953 bits per heavy atom. The van der Waals surface area contributed by atoms with Gasteiger partial charge in [-0.25, -0.2) is 0 Å². The monoisotopic (exact) mass is 895 g/mol. The first kappa shape index (κ1) is 61.1. The molecule has 0 aromatic rings. The fraction of sp³-hybridized carbons (Fsp3) is 0.776. The molecule has 0 fully saturated rings. The average molecular weight is 895 g/mol. The summed E-state index contributed by atoms with van der Waals surface area (Å²) in [5.74, 6) is -0.904. The van der Waals surface area contributed by atoms with E-state index in [2.05, 4.69) is 81.5 Å². The predicted octanol–water partition coefficient (Wildman–Crippen LogP) is 18.0. The maximum absolute atomic E-state index is 12.8. The molecule has 0 heterocycles. The first-order chi connectivity index (χ1) is 31.5. The summed E-state index contributed by atoms with van der Waals surface area (Å²) < 4.78 is 16.7. The van der Waals surface area contributed by atoms with Crippen molar-refractivity contribution >= 4 is 17.9 Å². The molecular weight excluding hydrogens is 793 g/mol. The number of carbonyl (C=O) groups excluding carboxylic acids is 3. The first-order valence-corrected chi connectivity index (χ1v) is 27.3. The van der Waals surface area contributed by atoms with Gasteiger partial charge in [0.25, 0.3) is 0 Å². The van der Waals surface area contributed by atoms with Crippen LogP contribution in [0.3, 0.4) is 0 Å². The summed E-state index contributed by atoms with van der Waals surface area (Å²) in [6.07, 6.45) is 65.4. The Labute approximate surface area is 396 Å². The highest BCUT2D eigenvalue weighted by atomic mass is 16.6. The first-order valence-electron chi connectivity index (χ1n) is 27.3. The van der Waals surface area contributed by atoms with Crippen molar-refractivity contribution in [3.05, 3.63) is 60.8 Å². The van der Waals surface area contributed by atoms with E-state index in [4.69, 9.17) is 14.2 Å². The van der Waals surface area contributed by atoms with Gasteiger partial charge in [-0.2, -0.15) is 0 Å². The van der Waals surface area contributed by atoms with E-state index in [0.29, 0.717) is 19.3 Å². The lowest BCUT2D eigenvalue weighted by molar-refractivity contribution is -0.167. The van der Waals surface area contributed by atoms with Crippen LogP contribution >= 0.6 is 0 Å². The Morgan fingerprint density at radius 2 is 0.609 bits per heavy atom. The number of hydrogen-bond donors (Lipinski definition) is 0. The van der Waals surface area contributed by atoms with Gasteiger partial charge >= 0.3 is 17.9 Å². The second-order valence-electron chi connectivity index (χ2n) is 18.1. The van der Waals surface area contributed by atoms with Crippen molar-refractivity contribution in [1.29, 1.82) is 0 Å². The van der Waals surface area contributed by atoms with Crippen molar-refractivity contribution in [1.82, 2.24) is 0 Å². The van der Waals surface area contributed by atoms with Gasteiger partial charge in [-0.3, -0.25) is 14.4 Å². The molecule has 1 unspecified atom stereocenters. The van der Waals surface area contributed by atoms with Crippen LogP contribution < -0.4 is 0 Å². The van der Waals surface area contributed by atoms with E-state index >= 15 is 0 Å². The molecule has 0 spiro atoms. The minimum absolute atomic E-state index is 0.0794. The van der Waals surface area contributed by atoms with Gasteiger partial charge in [-0.15, -0.1) is 0 Å². The Bertz CT molecular complexity index is 1170. The molecular formula is C58H102O6. The Kier molecular flexibility index (Phi) is 50.4. The molecule has 0 rings (SSSR count). The van der Waals surface area contributed by atoms with Gasteiger partial charge < -0.3 is 14.2 Å². The Hall–Kier alpha value is -2.89. The topological polar surface area (TPSA) is 78.9 Å². The van der Waals surface area contributed by atoms with Crippen LogP contribution in [0.25, 0.3) is 0 Å². The maximum Gasteiger partial charge on any atom is 0.306 e. The number of esters is 3. The van der Waals surface area contributed by atoms with Gasteiger partial charge in [0.15, 0.2) is 6.10 Å². The molecule has 6 heteroatoms. The molecule has 0 bridgehead atoms. The maximum atomic E-state index is 12.8. The highest BCUT2D eigenvalue weighted by molar-refractivity contribution is 5.71. The lowest BCUT2D eigenvalue weighted by Gasteiger charge is -2.18. The third-order valence-corrected chi connectivity index (χ3v) is 11.8. The number of rotatable bonds is 49. The molecule has 64 heavy (non-hydrogen) atoms. The normalized spacial score (nSPS) is 12.5. The zero-order valence-electron chi connectivity index (χ0n) is 42.3. The van der Waals surface area contributed by atoms with Crippen molar-refractivity contribution in [3.63, 3.8) is 0 Å². The van der Waals surface area contributed by atoms with E-state index in [1.807, 2.05) is 0 Å². The van der Waals surface area contributed by atoms with E-state index in [1.54, 1.807) is 0 Å². The Morgan fingerprint density at radius 1 is 0.328 bits per heavy atom. The summed E-state index contributed by atoms with van der Waals surface area (Å²) in [4.78, 5) is 37.7. The second kappa shape index (κ2) is 52.7. The molecule has 0 N–H and O–H groups in total. The second-order valence-corrected chi connectivity index (χ2v) is 18.1. The largest absolute Gasteiger partial charge is 0.462 e.